The van der Waals surface area contributed by atoms with E-state index in [1.807, 2.05) is 0 Å². The molecule has 0 radical (unpaired) electrons. The second-order valence-electron chi connectivity index (χ2n) is 7.37. The molecule has 1 saturated heterocycles. The standard InChI is InChI=1S/C20H25FN4O2/c1-27-15-8-9-16(17(21)12-15)20(26)24-10-5-6-14(13-24)19-23-22-18-7-3-2-4-11-25(18)19/h8-9,12,14H,2-7,10-11,13H2,1H3. The number of likely N-dealkylation sites (tertiary alicyclic amines) is 1. The minimum Gasteiger partial charge on any atom is -0.497 e. The Kier molecular flexibility index (Phi) is 5.09. The fourth-order valence-corrected chi connectivity index (χ4v) is 4.15. The number of fused-ring (bicyclic) bond motifs is 1. The number of methoxy groups -OCH3 is 1. The van der Waals surface area contributed by atoms with Crippen LogP contribution in [0.1, 0.15) is 60.0 Å². The lowest BCUT2D eigenvalue weighted by Gasteiger charge is -2.32. The van der Waals surface area contributed by atoms with E-state index in [4.69, 9.17) is 4.74 Å². The highest BCUT2D eigenvalue weighted by molar-refractivity contribution is 5.94. The van der Waals surface area contributed by atoms with E-state index < -0.39 is 5.82 Å². The third-order valence-corrected chi connectivity index (χ3v) is 5.62. The Balaban J connectivity index is 1.53. The average Bonchev–Trinajstić information content (AvgIpc) is 2.95. The zero-order chi connectivity index (χ0) is 18.8. The summed E-state index contributed by atoms with van der Waals surface area (Å²) in [5.41, 5.74) is 0.0940. The van der Waals surface area contributed by atoms with E-state index in [1.54, 1.807) is 11.0 Å². The maximum atomic E-state index is 14.3. The minimum absolute atomic E-state index is 0.0940. The first kappa shape index (κ1) is 17.9. The number of nitrogens with zero attached hydrogens (tertiary/aromatic N) is 4. The van der Waals surface area contributed by atoms with Gasteiger partial charge in [0.15, 0.2) is 0 Å². The van der Waals surface area contributed by atoms with E-state index in [1.165, 1.54) is 25.7 Å². The van der Waals surface area contributed by atoms with Gasteiger partial charge in [0.05, 0.1) is 12.7 Å². The van der Waals surface area contributed by atoms with Crippen molar-refractivity contribution in [2.45, 2.75) is 51.0 Å². The Hall–Kier alpha value is -2.44. The van der Waals surface area contributed by atoms with E-state index in [0.717, 1.165) is 50.3 Å². The highest BCUT2D eigenvalue weighted by atomic mass is 19.1. The number of amides is 1. The molecule has 0 aliphatic carbocycles. The third kappa shape index (κ3) is 3.55. The van der Waals surface area contributed by atoms with E-state index in [9.17, 15) is 9.18 Å². The zero-order valence-corrected chi connectivity index (χ0v) is 15.7. The Morgan fingerprint density at radius 1 is 1.19 bits per heavy atom. The normalized spacial score (nSPS) is 20.1. The van der Waals surface area contributed by atoms with Gasteiger partial charge in [0, 0.05) is 38.0 Å². The number of piperidine rings is 1. The number of aryl methyl sites for hydroxylation is 1. The summed E-state index contributed by atoms with van der Waals surface area (Å²) >= 11 is 0. The van der Waals surface area contributed by atoms with E-state index in [0.29, 0.717) is 18.8 Å². The summed E-state index contributed by atoms with van der Waals surface area (Å²) < 4.78 is 21.6. The smallest absolute Gasteiger partial charge is 0.256 e. The van der Waals surface area contributed by atoms with Gasteiger partial charge in [0.2, 0.25) is 0 Å². The van der Waals surface area contributed by atoms with Crippen molar-refractivity contribution in [2.24, 2.45) is 0 Å². The van der Waals surface area contributed by atoms with Gasteiger partial charge in [-0.1, -0.05) is 6.42 Å². The predicted octanol–water partition coefficient (Wildman–Crippen LogP) is 3.17. The molecule has 144 valence electrons. The van der Waals surface area contributed by atoms with Crippen LogP contribution in [0.5, 0.6) is 5.75 Å². The summed E-state index contributed by atoms with van der Waals surface area (Å²) in [6.45, 7) is 2.15. The van der Waals surface area contributed by atoms with Crippen LogP contribution in [0, 0.1) is 5.82 Å². The fraction of sp³-hybridized carbons (Fsp3) is 0.550. The molecule has 3 heterocycles. The van der Waals surface area contributed by atoms with Crippen LogP contribution in [0.2, 0.25) is 0 Å². The molecule has 27 heavy (non-hydrogen) atoms. The van der Waals surface area contributed by atoms with E-state index in [-0.39, 0.29) is 17.4 Å². The van der Waals surface area contributed by atoms with E-state index >= 15 is 0 Å². The van der Waals surface area contributed by atoms with Gasteiger partial charge in [-0.2, -0.15) is 0 Å². The summed E-state index contributed by atoms with van der Waals surface area (Å²) in [5.74, 6) is 1.80. The zero-order valence-electron chi connectivity index (χ0n) is 15.7. The summed E-state index contributed by atoms with van der Waals surface area (Å²) in [6, 6.07) is 4.38. The first-order valence-electron chi connectivity index (χ1n) is 9.72. The summed E-state index contributed by atoms with van der Waals surface area (Å²) in [6.07, 6.45) is 6.35. The number of halogens is 1. The van der Waals surface area contributed by atoms with Crippen LogP contribution >= 0.6 is 0 Å². The maximum absolute atomic E-state index is 14.3. The Morgan fingerprint density at radius 3 is 2.89 bits per heavy atom. The molecule has 6 nitrogen and oxygen atoms in total. The molecule has 1 amide bonds. The lowest BCUT2D eigenvalue weighted by Crippen LogP contribution is -2.40. The van der Waals surface area contributed by atoms with Crippen LogP contribution in [0.4, 0.5) is 4.39 Å². The second kappa shape index (κ2) is 7.66. The van der Waals surface area contributed by atoms with Crippen molar-refractivity contribution >= 4 is 5.91 Å². The van der Waals surface area contributed by atoms with Gasteiger partial charge in [0.1, 0.15) is 23.2 Å². The summed E-state index contributed by atoms with van der Waals surface area (Å²) in [5, 5.41) is 8.84. The molecular weight excluding hydrogens is 347 g/mol. The maximum Gasteiger partial charge on any atom is 0.256 e. The van der Waals surface area contributed by atoms with Crippen LogP contribution in [0.25, 0.3) is 0 Å². The van der Waals surface area contributed by atoms with Crippen molar-refractivity contribution in [3.63, 3.8) is 0 Å². The number of carbonyl (C=O) groups excluding carboxylic acids is 1. The van der Waals surface area contributed by atoms with Crippen molar-refractivity contribution in [3.8, 4) is 5.75 Å². The molecule has 1 aromatic carbocycles. The van der Waals surface area contributed by atoms with Gasteiger partial charge < -0.3 is 14.2 Å². The lowest BCUT2D eigenvalue weighted by molar-refractivity contribution is 0.0698. The van der Waals surface area contributed by atoms with Crippen molar-refractivity contribution in [3.05, 3.63) is 41.2 Å². The van der Waals surface area contributed by atoms with E-state index in [2.05, 4.69) is 14.8 Å². The van der Waals surface area contributed by atoms with Crippen molar-refractivity contribution in [1.82, 2.24) is 19.7 Å². The first-order valence-corrected chi connectivity index (χ1v) is 9.72. The molecule has 0 saturated carbocycles. The summed E-state index contributed by atoms with van der Waals surface area (Å²) in [7, 11) is 1.48. The Bertz CT molecular complexity index is 835. The Morgan fingerprint density at radius 2 is 2.07 bits per heavy atom. The molecule has 0 bridgehead atoms. The molecule has 0 N–H and O–H groups in total. The number of ether oxygens (including phenoxy) is 1. The van der Waals surface area contributed by atoms with Crippen LogP contribution in [0.3, 0.4) is 0 Å². The molecule has 1 atom stereocenters. The third-order valence-electron chi connectivity index (χ3n) is 5.62. The highest BCUT2D eigenvalue weighted by Crippen LogP contribution is 2.29. The lowest BCUT2D eigenvalue weighted by atomic mass is 9.96. The number of hydrogen-bond donors (Lipinski definition) is 0. The number of benzene rings is 1. The second-order valence-corrected chi connectivity index (χ2v) is 7.37. The molecule has 4 rings (SSSR count). The predicted molar refractivity (Wildman–Crippen MR) is 98.4 cm³/mol. The Labute approximate surface area is 158 Å². The minimum atomic E-state index is -0.544. The molecule has 2 aromatic rings. The van der Waals surface area contributed by atoms with Crippen molar-refractivity contribution < 1.29 is 13.9 Å². The number of aromatic nitrogens is 3. The van der Waals surface area contributed by atoms with Gasteiger partial charge in [-0.25, -0.2) is 4.39 Å². The van der Waals surface area contributed by atoms with Gasteiger partial charge in [-0.15, -0.1) is 10.2 Å². The van der Waals surface area contributed by atoms with Gasteiger partial charge >= 0.3 is 0 Å². The molecule has 2 aliphatic rings. The molecule has 0 spiro atoms. The van der Waals surface area contributed by atoms with Crippen LogP contribution in [-0.4, -0.2) is 45.8 Å². The van der Waals surface area contributed by atoms with Crippen molar-refractivity contribution in [1.29, 1.82) is 0 Å². The molecule has 1 fully saturated rings. The fourth-order valence-electron chi connectivity index (χ4n) is 4.15. The SMILES string of the molecule is COc1ccc(C(=O)N2CCCC(c3nnc4n3CCCCC4)C2)c(F)c1. The topological polar surface area (TPSA) is 60.2 Å². The molecular formula is C20H25FN4O2. The number of rotatable bonds is 3. The molecule has 7 heteroatoms. The van der Waals surface area contributed by atoms with Crippen LogP contribution in [-0.2, 0) is 13.0 Å². The largest absolute Gasteiger partial charge is 0.497 e. The van der Waals surface area contributed by atoms with Gasteiger partial charge in [-0.3, -0.25) is 4.79 Å². The number of carbonyl (C=O) groups is 1. The number of hydrogen-bond acceptors (Lipinski definition) is 4. The van der Waals surface area contributed by atoms with Crippen molar-refractivity contribution in [2.75, 3.05) is 20.2 Å². The van der Waals surface area contributed by atoms with Crippen LogP contribution in [0.15, 0.2) is 18.2 Å². The average molecular weight is 372 g/mol. The highest BCUT2D eigenvalue weighted by Gasteiger charge is 2.30. The molecule has 1 unspecified atom stereocenters. The summed E-state index contributed by atoms with van der Waals surface area (Å²) in [4.78, 5) is 14.6. The first-order chi connectivity index (χ1) is 13.2. The molecule has 2 aliphatic heterocycles. The van der Waals surface area contributed by atoms with Gasteiger partial charge in [0.25, 0.3) is 5.91 Å². The van der Waals surface area contributed by atoms with Gasteiger partial charge in [-0.05, 0) is 37.8 Å². The van der Waals surface area contributed by atoms with Crippen LogP contribution < -0.4 is 4.74 Å². The quantitative estimate of drug-likeness (QED) is 0.830. The monoisotopic (exact) mass is 372 g/mol. The molecule has 1 aromatic heterocycles.